The normalized spacial score (nSPS) is 17.2. The van der Waals surface area contributed by atoms with E-state index in [9.17, 15) is 4.79 Å². The molecule has 3 rings (SSSR count). The molecule has 0 saturated carbocycles. The van der Waals surface area contributed by atoms with Gasteiger partial charge in [-0.2, -0.15) is 10.2 Å². The van der Waals surface area contributed by atoms with Crippen molar-refractivity contribution in [1.29, 1.82) is 0 Å². The van der Waals surface area contributed by atoms with Crippen LogP contribution in [0, 0.1) is 6.92 Å². The first kappa shape index (κ1) is 14.5. The second-order valence-corrected chi connectivity index (χ2v) is 5.69. The summed E-state index contributed by atoms with van der Waals surface area (Å²) in [6, 6.07) is 10.2. The molecule has 1 aliphatic carbocycles. The number of benzene rings is 1. The van der Waals surface area contributed by atoms with Crippen molar-refractivity contribution in [2.45, 2.75) is 38.6 Å². The minimum atomic E-state index is -0.180. The molecule has 2 N–H and O–H groups in total. The van der Waals surface area contributed by atoms with Crippen LogP contribution in [0.1, 0.15) is 29.7 Å². The summed E-state index contributed by atoms with van der Waals surface area (Å²) >= 11 is 0. The monoisotopic (exact) mass is 296 g/mol. The van der Waals surface area contributed by atoms with E-state index in [0.717, 1.165) is 25.7 Å². The molecule has 0 bridgehead atoms. The number of aryl methyl sites for hydroxylation is 2. The van der Waals surface area contributed by atoms with Crippen molar-refractivity contribution in [1.82, 2.24) is 15.5 Å². The molecule has 5 heteroatoms. The largest absolute Gasteiger partial charge is 0.335 e. The molecule has 1 aromatic heterocycles. The number of nitrogens with zero attached hydrogens (tertiary/aromatic N) is 2. The maximum Gasteiger partial charge on any atom is 0.319 e. The van der Waals surface area contributed by atoms with E-state index in [0.29, 0.717) is 11.4 Å². The average molecular weight is 296 g/mol. The lowest BCUT2D eigenvalue weighted by atomic mass is 10.0. The lowest BCUT2D eigenvalue weighted by molar-refractivity contribution is 0.247. The predicted molar refractivity (Wildman–Crippen MR) is 85.8 cm³/mol. The Morgan fingerprint density at radius 2 is 2.05 bits per heavy atom. The molecule has 0 radical (unpaired) electrons. The maximum absolute atomic E-state index is 12.2. The van der Waals surface area contributed by atoms with Crippen LogP contribution in [0.4, 0.5) is 10.5 Å². The van der Waals surface area contributed by atoms with Crippen LogP contribution in [0.2, 0.25) is 0 Å². The first-order valence-corrected chi connectivity index (χ1v) is 7.65. The minimum Gasteiger partial charge on any atom is -0.335 e. The van der Waals surface area contributed by atoms with Crippen molar-refractivity contribution in [3.8, 4) is 0 Å². The van der Waals surface area contributed by atoms with Gasteiger partial charge in [-0.1, -0.05) is 24.3 Å². The highest BCUT2D eigenvalue weighted by Gasteiger charge is 2.18. The summed E-state index contributed by atoms with van der Waals surface area (Å²) in [7, 11) is 0. The molecule has 0 spiro atoms. The molecule has 114 valence electrons. The number of aromatic nitrogens is 2. The zero-order valence-corrected chi connectivity index (χ0v) is 12.7. The minimum absolute atomic E-state index is 0.166. The number of hydrogen-bond donors (Lipinski definition) is 2. The molecule has 0 saturated heterocycles. The van der Waals surface area contributed by atoms with Gasteiger partial charge in [0.25, 0.3) is 0 Å². The molecule has 1 aliphatic rings. The Kier molecular flexibility index (Phi) is 4.32. The summed E-state index contributed by atoms with van der Waals surface area (Å²) in [5, 5.41) is 13.6. The van der Waals surface area contributed by atoms with Gasteiger partial charge < -0.3 is 10.6 Å². The molecule has 1 atom stereocenters. The molecule has 1 aromatic carbocycles. The second-order valence-electron chi connectivity index (χ2n) is 5.69. The van der Waals surface area contributed by atoms with E-state index in [4.69, 9.17) is 0 Å². The van der Waals surface area contributed by atoms with Crippen molar-refractivity contribution >= 4 is 11.7 Å². The van der Waals surface area contributed by atoms with Crippen LogP contribution >= 0.6 is 0 Å². The molecular formula is C17H20N4O. The molecule has 2 amide bonds. The summed E-state index contributed by atoms with van der Waals surface area (Å²) in [5.41, 5.74) is 4.15. The molecule has 0 unspecified atom stereocenters. The Morgan fingerprint density at radius 1 is 1.23 bits per heavy atom. The van der Waals surface area contributed by atoms with E-state index in [-0.39, 0.29) is 12.1 Å². The Balaban J connectivity index is 1.63. The van der Waals surface area contributed by atoms with E-state index >= 15 is 0 Å². The number of carbonyl (C=O) groups is 1. The third-order valence-electron chi connectivity index (χ3n) is 4.07. The summed E-state index contributed by atoms with van der Waals surface area (Å²) in [6.07, 6.45) is 5.64. The van der Waals surface area contributed by atoms with E-state index < -0.39 is 0 Å². The van der Waals surface area contributed by atoms with Crippen LogP contribution in [0.15, 0.2) is 36.5 Å². The molecule has 1 heterocycles. The average Bonchev–Trinajstić information content (AvgIpc) is 2.71. The van der Waals surface area contributed by atoms with Gasteiger partial charge in [0.15, 0.2) is 0 Å². The molecule has 0 fully saturated rings. The number of amides is 2. The lowest BCUT2D eigenvalue weighted by Gasteiger charge is -2.17. The highest BCUT2D eigenvalue weighted by atomic mass is 16.2. The van der Waals surface area contributed by atoms with Gasteiger partial charge in [0.05, 0.1) is 17.6 Å². The van der Waals surface area contributed by atoms with Gasteiger partial charge in [-0.25, -0.2) is 4.79 Å². The fourth-order valence-corrected chi connectivity index (χ4v) is 2.91. The molecule has 2 aromatic rings. The highest BCUT2D eigenvalue weighted by Crippen LogP contribution is 2.20. The quantitative estimate of drug-likeness (QED) is 0.837. The Hall–Kier alpha value is -2.43. The zero-order chi connectivity index (χ0) is 15.4. The first-order chi connectivity index (χ1) is 10.7. The standard InChI is InChI=1S/C17H20N4O/c1-12-16(9-10-18-21-12)20-17(22)19-15-8-4-7-13-5-2-3-6-14(13)11-15/h2-3,5-6,9-10,15H,4,7-8,11H2,1H3,(H2,18,19,20,22)/t15-/m0/s1. The van der Waals surface area contributed by atoms with Crippen molar-refractivity contribution in [3.63, 3.8) is 0 Å². The van der Waals surface area contributed by atoms with Crippen LogP contribution in [0.25, 0.3) is 0 Å². The number of carbonyl (C=O) groups excluding carboxylic acids is 1. The van der Waals surface area contributed by atoms with Gasteiger partial charge in [-0.05, 0) is 49.8 Å². The number of rotatable bonds is 2. The van der Waals surface area contributed by atoms with Gasteiger partial charge in [0.1, 0.15) is 0 Å². The molecule has 0 aliphatic heterocycles. The van der Waals surface area contributed by atoms with Gasteiger partial charge >= 0.3 is 6.03 Å². The second kappa shape index (κ2) is 6.56. The fraction of sp³-hybridized carbons (Fsp3) is 0.353. The van der Waals surface area contributed by atoms with Gasteiger partial charge in [-0.3, -0.25) is 0 Å². The van der Waals surface area contributed by atoms with E-state index in [1.165, 1.54) is 11.1 Å². The summed E-state index contributed by atoms with van der Waals surface area (Å²) in [5.74, 6) is 0. The van der Waals surface area contributed by atoms with Crippen molar-refractivity contribution in [2.75, 3.05) is 5.32 Å². The zero-order valence-electron chi connectivity index (χ0n) is 12.7. The van der Waals surface area contributed by atoms with Crippen LogP contribution in [-0.2, 0) is 12.8 Å². The number of anilines is 1. The smallest absolute Gasteiger partial charge is 0.319 e. The van der Waals surface area contributed by atoms with E-state index in [2.05, 4.69) is 45.1 Å². The Bertz CT molecular complexity index is 671. The topological polar surface area (TPSA) is 66.9 Å². The number of nitrogens with one attached hydrogen (secondary N) is 2. The molecule has 22 heavy (non-hydrogen) atoms. The Labute approximate surface area is 130 Å². The third-order valence-corrected chi connectivity index (χ3v) is 4.07. The Morgan fingerprint density at radius 3 is 2.86 bits per heavy atom. The predicted octanol–water partition coefficient (Wildman–Crippen LogP) is 2.85. The first-order valence-electron chi connectivity index (χ1n) is 7.65. The van der Waals surface area contributed by atoms with Crippen molar-refractivity contribution < 1.29 is 4.79 Å². The number of fused-ring (bicyclic) bond motifs is 1. The van der Waals surface area contributed by atoms with Crippen LogP contribution < -0.4 is 10.6 Å². The van der Waals surface area contributed by atoms with E-state index in [1.807, 2.05) is 6.92 Å². The van der Waals surface area contributed by atoms with Crippen LogP contribution in [0.3, 0.4) is 0 Å². The van der Waals surface area contributed by atoms with Gasteiger partial charge in [0, 0.05) is 6.04 Å². The lowest BCUT2D eigenvalue weighted by Crippen LogP contribution is -2.39. The van der Waals surface area contributed by atoms with Crippen LogP contribution in [-0.4, -0.2) is 22.3 Å². The van der Waals surface area contributed by atoms with Gasteiger partial charge in [-0.15, -0.1) is 0 Å². The van der Waals surface area contributed by atoms with Crippen LogP contribution in [0.5, 0.6) is 0 Å². The van der Waals surface area contributed by atoms with Gasteiger partial charge in [0.2, 0.25) is 0 Å². The third kappa shape index (κ3) is 3.42. The number of urea groups is 1. The van der Waals surface area contributed by atoms with E-state index in [1.54, 1.807) is 12.3 Å². The van der Waals surface area contributed by atoms with Crippen molar-refractivity contribution in [3.05, 3.63) is 53.3 Å². The number of hydrogen-bond acceptors (Lipinski definition) is 3. The van der Waals surface area contributed by atoms with Crippen molar-refractivity contribution in [2.24, 2.45) is 0 Å². The SMILES string of the molecule is Cc1nnccc1NC(=O)N[C@H]1CCCc2ccccc2C1. The fourth-order valence-electron chi connectivity index (χ4n) is 2.91. The summed E-state index contributed by atoms with van der Waals surface area (Å²) in [6.45, 7) is 1.82. The highest BCUT2D eigenvalue weighted by molar-refractivity contribution is 5.89. The molecular weight excluding hydrogens is 276 g/mol. The summed E-state index contributed by atoms with van der Waals surface area (Å²) < 4.78 is 0. The molecule has 5 nitrogen and oxygen atoms in total. The maximum atomic E-state index is 12.2. The summed E-state index contributed by atoms with van der Waals surface area (Å²) in [4.78, 5) is 12.2.